The van der Waals surface area contributed by atoms with Crippen LogP contribution in [0.25, 0.3) is 0 Å². The quantitative estimate of drug-likeness (QED) is 0.127. The predicted molar refractivity (Wildman–Crippen MR) is 114 cm³/mol. The van der Waals surface area contributed by atoms with Gasteiger partial charge in [-0.1, -0.05) is 46.9 Å². The van der Waals surface area contributed by atoms with Crippen LogP contribution in [0.5, 0.6) is 0 Å². The molecule has 8 nitrogen and oxygen atoms in total. The summed E-state index contributed by atoms with van der Waals surface area (Å²) in [5.74, 6) is 0. The molecule has 0 aliphatic rings. The molecule has 0 amide bonds. The number of nitro benzene ring substituents is 2. The fourth-order valence-electron chi connectivity index (χ4n) is 1.28. The van der Waals surface area contributed by atoms with Crippen molar-refractivity contribution in [1.82, 2.24) is 0 Å². The van der Waals surface area contributed by atoms with Crippen LogP contribution >= 0.6 is 45.2 Å². The van der Waals surface area contributed by atoms with Crippen LogP contribution in [-0.4, -0.2) is 14.8 Å². The van der Waals surface area contributed by atoms with Crippen molar-refractivity contribution in [2.24, 2.45) is 0 Å². The Kier molecular flexibility index (Phi) is 20.3. The summed E-state index contributed by atoms with van der Waals surface area (Å²) in [5.41, 5.74) is 11.1. The number of nitro groups is 2. The minimum atomic E-state index is -0.780. The second-order valence-electron chi connectivity index (χ2n) is 3.63. The maximum Gasteiger partial charge on any atom is 0.346 e. The normalized spacial score (nSPS) is 7.84. The summed E-state index contributed by atoms with van der Waals surface area (Å²) in [6.07, 6.45) is 0. The molecule has 0 heterocycles. The molecule has 0 aliphatic heterocycles. The Bertz CT molecular complexity index is 594. The van der Waals surface area contributed by atoms with E-state index in [4.69, 9.17) is 11.5 Å². The number of hydrogen-bond acceptors (Lipinski definition) is 6. The Balaban J connectivity index is -0.000000326. The third-order valence-electron chi connectivity index (χ3n) is 2.27. The standard InChI is InChI=1S/C6H4N2O4.C6H8N2.CH3I.CH2I.V/c9-7(10)5-3-1-2-4-6(5)8(11)12;7-5-3-1-2-4-6(5)8;2*1-2;/h1-4H;1-4H,7-8H2;1H3;1H2;/q;;;-1;. The molecule has 2 aromatic carbocycles. The minimum absolute atomic E-state index is 0. The van der Waals surface area contributed by atoms with Crippen LogP contribution in [0.15, 0.2) is 48.5 Å². The van der Waals surface area contributed by atoms with Gasteiger partial charge in [-0.3, -0.25) is 25.2 Å². The number of rotatable bonds is 2. The van der Waals surface area contributed by atoms with Gasteiger partial charge in [0, 0.05) is 30.7 Å². The number of hydrogen-bond donors (Lipinski definition) is 2. The van der Waals surface area contributed by atoms with Crippen LogP contribution in [0, 0.1) is 25.2 Å². The molecule has 2 aromatic rings. The van der Waals surface area contributed by atoms with Crippen LogP contribution in [0.3, 0.4) is 0 Å². The Labute approximate surface area is 185 Å². The minimum Gasteiger partial charge on any atom is -0.397 e. The smallest absolute Gasteiger partial charge is 0.346 e. The van der Waals surface area contributed by atoms with Gasteiger partial charge in [-0.25, -0.2) is 0 Å². The first-order valence-corrected chi connectivity index (χ1v) is 9.74. The van der Waals surface area contributed by atoms with Crippen LogP contribution in [0.2, 0.25) is 0 Å². The van der Waals surface area contributed by atoms with Crippen molar-refractivity contribution in [3.05, 3.63) is 73.7 Å². The molecule has 0 unspecified atom stereocenters. The maximum absolute atomic E-state index is 10.2. The van der Waals surface area contributed by atoms with Gasteiger partial charge in [0.2, 0.25) is 0 Å². The summed E-state index contributed by atoms with van der Waals surface area (Å²) < 4.78 is 0. The molecule has 137 valence electrons. The zero-order chi connectivity index (χ0) is 19.1. The van der Waals surface area contributed by atoms with E-state index < -0.39 is 21.2 Å². The Morgan fingerprint density at radius 3 is 1.24 bits per heavy atom. The topological polar surface area (TPSA) is 138 Å². The first-order chi connectivity index (χ1) is 11.4. The second-order valence-corrected chi connectivity index (χ2v) is 3.63. The van der Waals surface area contributed by atoms with Crippen LogP contribution in [0.4, 0.5) is 22.7 Å². The molecule has 0 saturated carbocycles. The van der Waals surface area contributed by atoms with Gasteiger partial charge < -0.3 is 34.1 Å². The molecule has 0 atom stereocenters. The van der Waals surface area contributed by atoms with Gasteiger partial charge in [0.25, 0.3) is 0 Å². The summed E-state index contributed by atoms with van der Waals surface area (Å²) >= 11 is 4.05. The zero-order valence-electron chi connectivity index (χ0n) is 13.2. The number of halogens is 2. The Morgan fingerprint density at radius 1 is 0.800 bits per heavy atom. The van der Waals surface area contributed by atoms with Crippen molar-refractivity contribution < 1.29 is 28.4 Å². The number of nitrogens with zero attached hydrogens (tertiary/aromatic N) is 2. The second kappa shape index (κ2) is 17.7. The van der Waals surface area contributed by atoms with E-state index in [1.165, 1.54) is 12.1 Å². The molecule has 0 saturated heterocycles. The van der Waals surface area contributed by atoms with Crippen molar-refractivity contribution in [3.63, 3.8) is 0 Å². The first kappa shape index (κ1) is 28.7. The Hall–Kier alpha value is -1.12. The van der Waals surface area contributed by atoms with Crippen molar-refractivity contribution >= 4 is 67.9 Å². The average Bonchev–Trinajstić information content (AvgIpc) is 2.61. The molecule has 0 aliphatic carbocycles. The summed E-state index contributed by atoms with van der Waals surface area (Å²) in [7, 11) is 0. The van der Waals surface area contributed by atoms with Crippen molar-refractivity contribution in [3.8, 4) is 0 Å². The van der Waals surface area contributed by atoms with E-state index in [0.29, 0.717) is 11.4 Å². The predicted octanol–water partition coefficient (Wildman–Crippen LogP) is 4.62. The van der Waals surface area contributed by atoms with Crippen molar-refractivity contribution in [2.75, 3.05) is 16.4 Å². The molecular weight excluding hydrogens is 593 g/mol. The number of anilines is 2. The molecule has 0 spiro atoms. The van der Waals surface area contributed by atoms with Crippen LogP contribution < -0.4 is 11.5 Å². The van der Waals surface area contributed by atoms with E-state index in [1.807, 2.05) is 39.7 Å². The van der Waals surface area contributed by atoms with Crippen molar-refractivity contribution in [1.29, 1.82) is 0 Å². The Morgan fingerprint density at radius 2 is 1.04 bits per heavy atom. The molecule has 11 heteroatoms. The molecular formula is C14H17I2N4O4V-. The summed E-state index contributed by atoms with van der Waals surface area (Å²) in [6.45, 7) is 0. The van der Waals surface area contributed by atoms with E-state index in [9.17, 15) is 20.2 Å². The van der Waals surface area contributed by atoms with Crippen LogP contribution in [0.1, 0.15) is 0 Å². The first-order valence-electron chi connectivity index (χ1n) is 6.05. The molecule has 0 fully saturated rings. The summed E-state index contributed by atoms with van der Waals surface area (Å²) in [6, 6.07) is 12.2. The average molecular weight is 610 g/mol. The largest absolute Gasteiger partial charge is 0.397 e. The van der Waals surface area contributed by atoms with E-state index in [2.05, 4.69) is 27.5 Å². The van der Waals surface area contributed by atoms with Crippen LogP contribution in [-0.2, 0) is 18.6 Å². The third-order valence-corrected chi connectivity index (χ3v) is 2.27. The third kappa shape index (κ3) is 12.0. The van der Waals surface area contributed by atoms with Gasteiger partial charge >= 0.3 is 11.4 Å². The number of nitrogen functional groups attached to an aromatic ring is 2. The molecule has 25 heavy (non-hydrogen) atoms. The van der Waals surface area contributed by atoms with Gasteiger partial charge in [0.15, 0.2) is 0 Å². The monoisotopic (exact) mass is 610 g/mol. The zero-order valence-corrected chi connectivity index (χ0v) is 18.9. The fourth-order valence-corrected chi connectivity index (χ4v) is 1.28. The summed E-state index contributed by atoms with van der Waals surface area (Å²) in [5, 5.41) is 20.5. The van der Waals surface area contributed by atoms with Gasteiger partial charge in [-0.15, -0.1) is 0 Å². The number of nitrogens with two attached hydrogens (primary N) is 2. The molecule has 1 radical (unpaired) electrons. The fraction of sp³-hybridized carbons (Fsp3) is 0.0714. The van der Waals surface area contributed by atoms with Gasteiger partial charge in [-0.2, -0.15) is 0 Å². The van der Waals surface area contributed by atoms with Gasteiger partial charge in [0.05, 0.1) is 21.2 Å². The molecule has 2 rings (SSSR count). The molecule has 0 aromatic heterocycles. The van der Waals surface area contributed by atoms with Gasteiger partial charge in [-0.05, 0) is 17.1 Å². The number of para-hydroxylation sites is 4. The van der Waals surface area contributed by atoms with E-state index in [-0.39, 0.29) is 18.6 Å². The van der Waals surface area contributed by atoms with E-state index in [0.717, 1.165) is 12.1 Å². The summed E-state index contributed by atoms with van der Waals surface area (Å²) in [4.78, 5) is 24.1. The number of benzene rings is 2. The maximum atomic E-state index is 10.2. The molecule has 4 N–H and O–H groups in total. The van der Waals surface area contributed by atoms with E-state index >= 15 is 0 Å². The SMILES string of the molecule is CI.Nc1ccccc1N.O=[N+]([O-])c1ccccc1[N+](=O)[O-].[CH2-]I.[V]. The van der Waals surface area contributed by atoms with E-state index in [1.54, 1.807) is 12.1 Å². The number of alkyl halides is 1. The molecule has 0 bridgehead atoms. The van der Waals surface area contributed by atoms with Crippen molar-refractivity contribution in [2.45, 2.75) is 0 Å². The van der Waals surface area contributed by atoms with Gasteiger partial charge in [0.1, 0.15) is 0 Å².